The van der Waals surface area contributed by atoms with Crippen molar-refractivity contribution in [2.75, 3.05) is 0 Å². The van der Waals surface area contributed by atoms with Gasteiger partial charge in [0.05, 0.1) is 0 Å². The lowest BCUT2D eigenvalue weighted by molar-refractivity contribution is -0.273. The molecule has 0 aliphatic rings. The minimum absolute atomic E-state index is 0.605. The zero-order chi connectivity index (χ0) is 12.4. The molecule has 0 rings (SSSR count). The molecule has 0 aromatic carbocycles. The minimum Gasteiger partial charge on any atom is -0.289 e. The van der Waals surface area contributed by atoms with Crippen LogP contribution in [0.4, 0.5) is 26.3 Å². The van der Waals surface area contributed by atoms with Crippen LogP contribution in [0.1, 0.15) is 0 Å². The normalized spacial score (nSPS) is 15.2. The van der Waals surface area contributed by atoms with Gasteiger partial charge in [-0.05, 0) is 0 Å². The van der Waals surface area contributed by atoms with E-state index in [1.165, 1.54) is 0 Å². The molecule has 0 aliphatic heterocycles. The van der Waals surface area contributed by atoms with Gasteiger partial charge in [-0.3, -0.25) is 14.1 Å². The van der Waals surface area contributed by atoms with Crippen molar-refractivity contribution in [3.63, 3.8) is 0 Å². The van der Waals surface area contributed by atoms with Gasteiger partial charge >= 0.3 is 12.4 Å². The summed E-state index contributed by atoms with van der Waals surface area (Å²) in [5, 5.41) is 0. The number of halogens is 6. The highest BCUT2D eigenvalue weighted by atomic mass is 32.2. The summed E-state index contributed by atoms with van der Waals surface area (Å²) >= 11 is -3.29. The van der Waals surface area contributed by atoms with Gasteiger partial charge in [-0.15, -0.1) is 0 Å². The Labute approximate surface area is 81.1 Å². The van der Waals surface area contributed by atoms with E-state index in [1.54, 1.807) is 0 Å². The number of carbonyl (C=O) groups excluding carboxylic acids is 1. The molecular formula is C4H3F6NO3S. The molecule has 11 heteroatoms. The number of amides is 1. The molecule has 15 heavy (non-hydrogen) atoms. The number of hydrogen-bond acceptors (Lipinski definition) is 2. The molecule has 0 aliphatic carbocycles. The summed E-state index contributed by atoms with van der Waals surface area (Å²) in [5.41, 5.74) is 0. The first-order chi connectivity index (χ1) is 6.46. The van der Waals surface area contributed by atoms with Crippen molar-refractivity contribution in [2.24, 2.45) is 5.92 Å². The molecule has 0 fully saturated rings. The summed E-state index contributed by atoms with van der Waals surface area (Å²) in [4.78, 5) is 10.3. The van der Waals surface area contributed by atoms with Gasteiger partial charge in [0.2, 0.25) is 5.92 Å². The Morgan fingerprint density at radius 2 is 1.47 bits per heavy atom. The summed E-state index contributed by atoms with van der Waals surface area (Å²) < 4.78 is 88.9. The van der Waals surface area contributed by atoms with Crippen molar-refractivity contribution in [3.05, 3.63) is 0 Å². The Hall–Kier alpha value is -0.840. The molecule has 0 saturated carbocycles. The maximum absolute atomic E-state index is 11.8. The van der Waals surface area contributed by atoms with Gasteiger partial charge in [-0.1, -0.05) is 0 Å². The smallest absolute Gasteiger partial charge is 0.289 e. The number of hydrogen-bond donors (Lipinski definition) is 2. The fourth-order valence-corrected chi connectivity index (χ4v) is 0.918. The topological polar surface area (TPSA) is 66.4 Å². The maximum Gasteiger partial charge on any atom is 0.409 e. The maximum atomic E-state index is 11.8. The first-order valence-corrected chi connectivity index (χ1v) is 4.11. The molecule has 0 spiro atoms. The second-order valence-corrected chi connectivity index (χ2v) is 2.93. The molecule has 90 valence electrons. The highest BCUT2D eigenvalue weighted by Gasteiger charge is 2.61. The standard InChI is InChI=1S/C4H3F6NO3S/c5-3(6,7)1(4(8,9)10)2(12)11-15(13)14/h1H,(H,11,12)(H,13,14). The Morgan fingerprint density at radius 3 is 1.67 bits per heavy atom. The molecule has 0 heterocycles. The van der Waals surface area contributed by atoms with Gasteiger partial charge in [0.15, 0.2) is 0 Å². The van der Waals surface area contributed by atoms with Gasteiger partial charge in [0.1, 0.15) is 0 Å². The third-order valence-electron chi connectivity index (χ3n) is 1.10. The van der Waals surface area contributed by atoms with Crippen LogP contribution >= 0.6 is 0 Å². The zero-order valence-corrected chi connectivity index (χ0v) is 7.33. The van der Waals surface area contributed by atoms with Crippen molar-refractivity contribution in [1.29, 1.82) is 0 Å². The van der Waals surface area contributed by atoms with Gasteiger partial charge in [0.25, 0.3) is 17.2 Å². The monoisotopic (exact) mass is 259 g/mol. The van der Waals surface area contributed by atoms with E-state index in [1.807, 2.05) is 0 Å². The van der Waals surface area contributed by atoms with Crippen LogP contribution < -0.4 is 4.72 Å². The van der Waals surface area contributed by atoms with Crippen molar-refractivity contribution >= 4 is 17.2 Å². The van der Waals surface area contributed by atoms with Crippen LogP contribution in [-0.4, -0.2) is 27.0 Å². The Kier molecular flexibility index (Phi) is 4.10. The van der Waals surface area contributed by atoms with Crippen LogP contribution in [0, 0.1) is 5.92 Å². The lowest BCUT2D eigenvalue weighted by atomic mass is 10.1. The average Bonchev–Trinajstić information content (AvgIpc) is 1.74. The highest BCUT2D eigenvalue weighted by Crippen LogP contribution is 2.39. The summed E-state index contributed by atoms with van der Waals surface area (Å²) in [7, 11) is 0. The second kappa shape index (κ2) is 4.35. The molecule has 4 nitrogen and oxygen atoms in total. The predicted molar refractivity (Wildman–Crippen MR) is 34.5 cm³/mol. The largest absolute Gasteiger partial charge is 0.409 e. The molecule has 0 saturated heterocycles. The van der Waals surface area contributed by atoms with E-state index < -0.39 is 35.4 Å². The molecule has 1 atom stereocenters. The number of rotatable bonds is 2. The van der Waals surface area contributed by atoms with E-state index in [9.17, 15) is 35.3 Å². The SMILES string of the molecule is O=C(NS(=O)O)C(C(F)(F)F)C(F)(F)F. The summed E-state index contributed by atoms with van der Waals surface area (Å²) in [6.07, 6.45) is -11.7. The van der Waals surface area contributed by atoms with Gasteiger partial charge in [-0.25, -0.2) is 4.21 Å². The van der Waals surface area contributed by atoms with Crippen molar-refractivity contribution in [1.82, 2.24) is 4.72 Å². The third kappa shape index (κ3) is 4.46. The molecular weight excluding hydrogens is 256 g/mol. The average molecular weight is 259 g/mol. The van der Waals surface area contributed by atoms with Crippen LogP contribution in [-0.2, 0) is 16.1 Å². The minimum atomic E-state index is -5.87. The number of alkyl halides is 6. The van der Waals surface area contributed by atoms with Crippen molar-refractivity contribution in [3.8, 4) is 0 Å². The highest BCUT2D eigenvalue weighted by molar-refractivity contribution is 7.77. The lowest BCUT2D eigenvalue weighted by Crippen LogP contribution is -2.48. The second-order valence-electron chi connectivity index (χ2n) is 2.23. The summed E-state index contributed by atoms with van der Waals surface area (Å²) in [6, 6.07) is 0. The van der Waals surface area contributed by atoms with Gasteiger partial charge < -0.3 is 0 Å². The van der Waals surface area contributed by atoms with Crippen LogP contribution in [0.25, 0.3) is 0 Å². The summed E-state index contributed by atoms with van der Waals surface area (Å²) in [5.74, 6) is -6.95. The fourth-order valence-electron chi connectivity index (χ4n) is 0.628. The molecule has 0 radical (unpaired) electrons. The van der Waals surface area contributed by atoms with E-state index in [0.717, 1.165) is 0 Å². The predicted octanol–water partition coefficient (Wildman–Crippen LogP) is 0.980. The Morgan fingerprint density at radius 1 is 1.13 bits per heavy atom. The molecule has 1 amide bonds. The lowest BCUT2D eigenvalue weighted by Gasteiger charge is -2.20. The van der Waals surface area contributed by atoms with Crippen LogP contribution in [0.5, 0.6) is 0 Å². The van der Waals surface area contributed by atoms with Crippen LogP contribution in [0.3, 0.4) is 0 Å². The molecule has 0 bridgehead atoms. The van der Waals surface area contributed by atoms with E-state index in [2.05, 4.69) is 0 Å². The first-order valence-electron chi connectivity index (χ1n) is 3.01. The fraction of sp³-hybridized carbons (Fsp3) is 0.750. The molecule has 0 aromatic heterocycles. The molecule has 0 aromatic rings. The quantitative estimate of drug-likeness (QED) is 0.574. The molecule has 1 unspecified atom stereocenters. The van der Waals surface area contributed by atoms with E-state index >= 15 is 0 Å². The van der Waals surface area contributed by atoms with E-state index in [4.69, 9.17) is 4.55 Å². The summed E-state index contributed by atoms with van der Waals surface area (Å²) in [6.45, 7) is 0. The van der Waals surface area contributed by atoms with Gasteiger partial charge in [-0.2, -0.15) is 26.3 Å². The van der Waals surface area contributed by atoms with Crippen LogP contribution in [0.2, 0.25) is 0 Å². The van der Waals surface area contributed by atoms with Gasteiger partial charge in [0, 0.05) is 0 Å². The van der Waals surface area contributed by atoms with Crippen molar-refractivity contribution < 1.29 is 39.9 Å². The number of carbonyl (C=O) groups is 1. The molecule has 2 N–H and O–H groups in total. The van der Waals surface area contributed by atoms with E-state index in [0.29, 0.717) is 4.72 Å². The van der Waals surface area contributed by atoms with E-state index in [-0.39, 0.29) is 0 Å². The Bertz CT molecular complexity index is 259. The first kappa shape index (κ1) is 14.2. The third-order valence-corrected chi connectivity index (χ3v) is 1.48. The zero-order valence-electron chi connectivity index (χ0n) is 6.52. The van der Waals surface area contributed by atoms with Crippen LogP contribution in [0.15, 0.2) is 0 Å². The number of nitrogens with one attached hydrogen (secondary N) is 1. The Balaban J connectivity index is 4.98. The van der Waals surface area contributed by atoms with Crippen molar-refractivity contribution in [2.45, 2.75) is 12.4 Å².